The van der Waals surface area contributed by atoms with Crippen molar-refractivity contribution in [1.29, 1.82) is 0 Å². The fourth-order valence-electron chi connectivity index (χ4n) is 3.01. The molecule has 0 saturated carbocycles. The Morgan fingerprint density at radius 2 is 2.09 bits per heavy atom. The van der Waals surface area contributed by atoms with Crippen molar-refractivity contribution in [3.63, 3.8) is 0 Å². The number of benzene rings is 1. The van der Waals surface area contributed by atoms with Crippen molar-refractivity contribution in [2.45, 2.75) is 18.9 Å². The molecule has 1 aliphatic heterocycles. The highest BCUT2D eigenvalue weighted by Gasteiger charge is 2.26. The van der Waals surface area contributed by atoms with Crippen molar-refractivity contribution in [1.82, 2.24) is 9.97 Å². The van der Waals surface area contributed by atoms with Crippen molar-refractivity contribution in [2.75, 3.05) is 32.2 Å². The molecule has 5 heteroatoms. The van der Waals surface area contributed by atoms with Gasteiger partial charge in [-0.25, -0.2) is 9.97 Å². The molecular weight excluding hydrogens is 278 g/mol. The van der Waals surface area contributed by atoms with Crippen LogP contribution >= 0.6 is 0 Å². The average molecular weight is 299 g/mol. The third-order valence-electron chi connectivity index (χ3n) is 4.09. The summed E-state index contributed by atoms with van der Waals surface area (Å²) in [6.45, 7) is 2.45. The topological polar surface area (TPSA) is 47.5 Å². The van der Waals surface area contributed by atoms with Gasteiger partial charge in [0.1, 0.15) is 17.9 Å². The van der Waals surface area contributed by atoms with Gasteiger partial charge < -0.3 is 14.4 Å². The second kappa shape index (κ2) is 6.75. The number of para-hydroxylation sites is 1. The lowest BCUT2D eigenvalue weighted by atomic mass is 9.97. The normalized spacial score (nSPS) is 17.7. The van der Waals surface area contributed by atoms with E-state index in [1.54, 1.807) is 20.5 Å². The maximum atomic E-state index is 5.49. The van der Waals surface area contributed by atoms with Crippen LogP contribution < -0.4 is 9.64 Å². The molecule has 0 bridgehead atoms. The Kier molecular flexibility index (Phi) is 4.53. The molecule has 1 aromatic heterocycles. The lowest BCUT2D eigenvalue weighted by Gasteiger charge is -2.19. The lowest BCUT2D eigenvalue weighted by molar-refractivity contribution is 0.181. The molecule has 0 aliphatic carbocycles. The first kappa shape index (κ1) is 14.8. The molecule has 0 amide bonds. The number of methoxy groups -OCH3 is 2. The molecule has 0 spiro atoms. The first-order valence-corrected chi connectivity index (χ1v) is 7.49. The zero-order valence-electron chi connectivity index (χ0n) is 13.0. The molecule has 2 heterocycles. The highest BCUT2D eigenvalue weighted by atomic mass is 16.5. The molecule has 22 heavy (non-hydrogen) atoms. The van der Waals surface area contributed by atoms with E-state index in [4.69, 9.17) is 9.47 Å². The summed E-state index contributed by atoms with van der Waals surface area (Å²) in [5.74, 6) is 2.41. The summed E-state index contributed by atoms with van der Waals surface area (Å²) in [7, 11) is 3.41. The smallest absolute Gasteiger partial charge is 0.132 e. The molecule has 2 aromatic rings. The standard InChI is InChI=1S/C17H21N3O2/c1-21-11-14-9-17(19-12-18-14)20-8-7-13(10-20)15-5-3-4-6-16(15)22-2/h3-6,9,12-13H,7-8,10-11H2,1-2H3. The molecule has 1 atom stereocenters. The van der Waals surface area contributed by atoms with Crippen molar-refractivity contribution < 1.29 is 9.47 Å². The van der Waals surface area contributed by atoms with E-state index in [2.05, 4.69) is 27.0 Å². The zero-order valence-corrected chi connectivity index (χ0v) is 13.0. The van der Waals surface area contributed by atoms with Gasteiger partial charge in [0.15, 0.2) is 0 Å². The number of hydrogen-bond donors (Lipinski definition) is 0. The molecule has 116 valence electrons. The van der Waals surface area contributed by atoms with Crippen LogP contribution in [0.3, 0.4) is 0 Å². The Morgan fingerprint density at radius 3 is 2.91 bits per heavy atom. The minimum absolute atomic E-state index is 0.469. The summed E-state index contributed by atoms with van der Waals surface area (Å²) in [4.78, 5) is 10.9. The van der Waals surface area contributed by atoms with E-state index in [1.807, 2.05) is 18.2 Å². The summed E-state index contributed by atoms with van der Waals surface area (Å²) in [6.07, 6.45) is 2.71. The molecule has 1 unspecified atom stereocenters. The SMILES string of the molecule is COCc1cc(N2CCC(c3ccccc3OC)C2)ncn1. The van der Waals surface area contributed by atoms with Gasteiger partial charge in [0.25, 0.3) is 0 Å². The van der Waals surface area contributed by atoms with Crippen LogP contribution in [0.4, 0.5) is 5.82 Å². The average Bonchev–Trinajstić information content (AvgIpc) is 3.05. The van der Waals surface area contributed by atoms with Crippen LogP contribution in [0.2, 0.25) is 0 Å². The van der Waals surface area contributed by atoms with Gasteiger partial charge >= 0.3 is 0 Å². The van der Waals surface area contributed by atoms with Gasteiger partial charge in [-0.1, -0.05) is 18.2 Å². The molecule has 1 aromatic carbocycles. The second-order valence-corrected chi connectivity index (χ2v) is 5.47. The summed E-state index contributed by atoms with van der Waals surface area (Å²) in [5, 5.41) is 0. The Hall–Kier alpha value is -2.14. The molecule has 3 rings (SSSR count). The van der Waals surface area contributed by atoms with Crippen LogP contribution in [-0.4, -0.2) is 37.3 Å². The number of nitrogens with zero attached hydrogens (tertiary/aromatic N) is 3. The fourth-order valence-corrected chi connectivity index (χ4v) is 3.01. The van der Waals surface area contributed by atoms with Gasteiger partial charge in [0.2, 0.25) is 0 Å². The van der Waals surface area contributed by atoms with Crippen LogP contribution in [0.5, 0.6) is 5.75 Å². The highest BCUT2D eigenvalue weighted by molar-refractivity contribution is 5.44. The minimum Gasteiger partial charge on any atom is -0.496 e. The second-order valence-electron chi connectivity index (χ2n) is 5.47. The lowest BCUT2D eigenvalue weighted by Crippen LogP contribution is -2.21. The maximum Gasteiger partial charge on any atom is 0.132 e. The predicted molar refractivity (Wildman–Crippen MR) is 85.3 cm³/mol. The maximum absolute atomic E-state index is 5.49. The predicted octanol–water partition coefficient (Wildman–Crippen LogP) is 2.63. The number of ether oxygens (including phenoxy) is 2. The van der Waals surface area contributed by atoms with E-state index in [0.29, 0.717) is 12.5 Å². The molecule has 1 fully saturated rings. The summed E-state index contributed by atoms with van der Waals surface area (Å²) < 4.78 is 10.6. The van der Waals surface area contributed by atoms with Gasteiger partial charge in [-0.3, -0.25) is 0 Å². The molecule has 1 aliphatic rings. The molecule has 1 saturated heterocycles. The number of aromatic nitrogens is 2. The van der Waals surface area contributed by atoms with Crippen molar-refractivity contribution >= 4 is 5.82 Å². The van der Waals surface area contributed by atoms with Crippen LogP contribution in [0.25, 0.3) is 0 Å². The Balaban J connectivity index is 1.76. The number of hydrogen-bond acceptors (Lipinski definition) is 5. The first-order valence-electron chi connectivity index (χ1n) is 7.49. The van der Waals surface area contributed by atoms with Gasteiger partial charge in [-0.05, 0) is 18.1 Å². The van der Waals surface area contributed by atoms with Crippen LogP contribution in [0, 0.1) is 0 Å². The van der Waals surface area contributed by atoms with Crippen molar-refractivity contribution in [3.05, 3.63) is 47.9 Å². The van der Waals surface area contributed by atoms with Gasteiger partial charge in [0, 0.05) is 32.2 Å². The van der Waals surface area contributed by atoms with Gasteiger partial charge in [-0.2, -0.15) is 0 Å². The fraction of sp³-hybridized carbons (Fsp3) is 0.412. The quantitative estimate of drug-likeness (QED) is 0.849. The van der Waals surface area contributed by atoms with E-state index in [0.717, 1.165) is 36.8 Å². The Bertz CT molecular complexity index is 633. The Labute approximate surface area is 130 Å². The van der Waals surface area contributed by atoms with Crippen molar-refractivity contribution in [2.24, 2.45) is 0 Å². The third kappa shape index (κ3) is 3.04. The summed E-state index contributed by atoms with van der Waals surface area (Å²) in [6, 6.07) is 10.3. The van der Waals surface area contributed by atoms with E-state index in [1.165, 1.54) is 5.56 Å². The first-order chi connectivity index (χ1) is 10.8. The molecule has 0 N–H and O–H groups in total. The van der Waals surface area contributed by atoms with E-state index in [9.17, 15) is 0 Å². The largest absolute Gasteiger partial charge is 0.496 e. The van der Waals surface area contributed by atoms with Crippen LogP contribution in [-0.2, 0) is 11.3 Å². The molecule has 0 radical (unpaired) electrons. The zero-order chi connectivity index (χ0) is 15.4. The van der Waals surface area contributed by atoms with Gasteiger partial charge in [-0.15, -0.1) is 0 Å². The van der Waals surface area contributed by atoms with E-state index >= 15 is 0 Å². The summed E-state index contributed by atoms with van der Waals surface area (Å²) in [5.41, 5.74) is 2.19. The minimum atomic E-state index is 0.469. The van der Waals surface area contributed by atoms with Crippen molar-refractivity contribution in [3.8, 4) is 5.75 Å². The Morgan fingerprint density at radius 1 is 1.23 bits per heavy atom. The highest BCUT2D eigenvalue weighted by Crippen LogP contribution is 2.34. The van der Waals surface area contributed by atoms with E-state index < -0.39 is 0 Å². The number of rotatable bonds is 5. The monoisotopic (exact) mass is 299 g/mol. The van der Waals surface area contributed by atoms with Gasteiger partial charge in [0.05, 0.1) is 19.4 Å². The van der Waals surface area contributed by atoms with Crippen LogP contribution in [0.15, 0.2) is 36.7 Å². The van der Waals surface area contributed by atoms with Crippen LogP contribution in [0.1, 0.15) is 23.6 Å². The summed E-state index contributed by atoms with van der Waals surface area (Å²) >= 11 is 0. The third-order valence-corrected chi connectivity index (χ3v) is 4.09. The molecule has 5 nitrogen and oxygen atoms in total. The van der Waals surface area contributed by atoms with E-state index in [-0.39, 0.29) is 0 Å². The molecular formula is C17H21N3O2. The number of anilines is 1.